The summed E-state index contributed by atoms with van der Waals surface area (Å²) in [6.07, 6.45) is 2.36. The van der Waals surface area contributed by atoms with Crippen LogP contribution in [0.5, 0.6) is 0 Å². The number of rotatable bonds is 6. The van der Waals surface area contributed by atoms with Gasteiger partial charge in [-0.05, 0) is 38.0 Å². The Morgan fingerprint density at radius 2 is 2.04 bits per heavy atom. The van der Waals surface area contributed by atoms with Crippen LogP contribution in [-0.2, 0) is 22.6 Å². The fourth-order valence-corrected chi connectivity index (χ4v) is 3.85. The predicted molar refractivity (Wildman–Crippen MR) is 103 cm³/mol. The van der Waals surface area contributed by atoms with E-state index in [2.05, 4.69) is 17.4 Å². The lowest BCUT2D eigenvalue weighted by molar-refractivity contribution is -0.137. The molecule has 0 aliphatic carbocycles. The average Bonchev–Trinajstić information content (AvgIpc) is 3.14. The summed E-state index contributed by atoms with van der Waals surface area (Å²) in [5.41, 5.74) is 1.17. The van der Waals surface area contributed by atoms with Gasteiger partial charge in [0.05, 0.1) is 17.6 Å². The van der Waals surface area contributed by atoms with E-state index < -0.39 is 10.8 Å². The van der Waals surface area contributed by atoms with E-state index in [9.17, 15) is 9.59 Å². The molecule has 138 valence electrons. The van der Waals surface area contributed by atoms with Gasteiger partial charge < -0.3 is 14.6 Å². The molecule has 1 atom stereocenters. The molecule has 1 unspecified atom stereocenters. The molecule has 1 aliphatic heterocycles. The van der Waals surface area contributed by atoms with Gasteiger partial charge in [0.15, 0.2) is 0 Å². The second-order valence-corrected chi connectivity index (χ2v) is 8.56. The summed E-state index contributed by atoms with van der Waals surface area (Å²) < 4.78 is 4.93. The molecule has 2 heterocycles. The minimum absolute atomic E-state index is 0.0614. The molecular formula is C20H24N2O3S. The Balaban J connectivity index is 1.69. The first-order valence-electron chi connectivity index (χ1n) is 8.76. The van der Waals surface area contributed by atoms with Gasteiger partial charge in [0.1, 0.15) is 11.8 Å². The minimum atomic E-state index is -0.494. The summed E-state index contributed by atoms with van der Waals surface area (Å²) in [5.74, 6) is 1.17. The number of benzene rings is 1. The minimum Gasteiger partial charge on any atom is -0.467 e. The topological polar surface area (TPSA) is 62.6 Å². The Hall–Kier alpha value is -2.21. The van der Waals surface area contributed by atoms with Crippen molar-refractivity contribution in [3.05, 3.63) is 60.1 Å². The molecule has 0 spiro atoms. The highest BCUT2D eigenvalue weighted by Gasteiger charge is 2.39. The number of amides is 2. The number of hydrogen-bond acceptors (Lipinski definition) is 4. The SMILES string of the molecule is CC1(C)SCC(C(=O)N(CCc2ccccc2)Cc2ccco2)NC1=O. The number of thioether (sulfide) groups is 1. The number of carbonyl (C=O) groups excluding carboxylic acids is 2. The smallest absolute Gasteiger partial charge is 0.246 e. The van der Waals surface area contributed by atoms with E-state index in [1.807, 2.05) is 44.2 Å². The molecule has 1 fully saturated rings. The zero-order valence-electron chi connectivity index (χ0n) is 15.1. The van der Waals surface area contributed by atoms with Gasteiger partial charge in [-0.1, -0.05) is 30.3 Å². The summed E-state index contributed by atoms with van der Waals surface area (Å²) in [6.45, 7) is 4.73. The van der Waals surface area contributed by atoms with Gasteiger partial charge >= 0.3 is 0 Å². The van der Waals surface area contributed by atoms with Crippen LogP contribution < -0.4 is 5.32 Å². The zero-order chi connectivity index (χ0) is 18.6. The molecule has 1 aliphatic rings. The molecular weight excluding hydrogens is 348 g/mol. The van der Waals surface area contributed by atoms with Crippen LogP contribution in [0.15, 0.2) is 53.1 Å². The maximum atomic E-state index is 13.1. The number of nitrogens with one attached hydrogen (secondary N) is 1. The van der Waals surface area contributed by atoms with Crippen molar-refractivity contribution in [1.29, 1.82) is 0 Å². The van der Waals surface area contributed by atoms with E-state index in [1.54, 1.807) is 11.2 Å². The third-order valence-electron chi connectivity index (χ3n) is 4.51. The number of hydrogen-bond donors (Lipinski definition) is 1. The van der Waals surface area contributed by atoms with Crippen molar-refractivity contribution in [2.45, 2.75) is 37.6 Å². The van der Waals surface area contributed by atoms with Gasteiger partial charge in [0.2, 0.25) is 11.8 Å². The van der Waals surface area contributed by atoms with Crippen molar-refractivity contribution in [2.24, 2.45) is 0 Å². The molecule has 3 rings (SSSR count). The molecule has 0 bridgehead atoms. The molecule has 26 heavy (non-hydrogen) atoms. The monoisotopic (exact) mass is 372 g/mol. The highest BCUT2D eigenvalue weighted by atomic mass is 32.2. The predicted octanol–water partition coefficient (Wildman–Crippen LogP) is 2.86. The number of nitrogens with zero attached hydrogens (tertiary/aromatic N) is 1. The van der Waals surface area contributed by atoms with Crippen LogP contribution in [0.2, 0.25) is 0 Å². The van der Waals surface area contributed by atoms with Crippen LogP contribution in [-0.4, -0.2) is 39.8 Å². The van der Waals surface area contributed by atoms with Crippen LogP contribution in [0.4, 0.5) is 0 Å². The molecule has 0 radical (unpaired) electrons. The van der Waals surface area contributed by atoms with Crippen molar-refractivity contribution in [1.82, 2.24) is 10.2 Å². The van der Waals surface area contributed by atoms with Gasteiger partial charge in [-0.2, -0.15) is 0 Å². The summed E-state index contributed by atoms with van der Waals surface area (Å²) >= 11 is 1.52. The molecule has 6 heteroatoms. The second kappa shape index (κ2) is 7.99. The van der Waals surface area contributed by atoms with E-state index in [4.69, 9.17) is 4.42 Å². The lowest BCUT2D eigenvalue weighted by atomic mass is 10.1. The van der Waals surface area contributed by atoms with E-state index in [1.165, 1.54) is 17.3 Å². The van der Waals surface area contributed by atoms with E-state index in [0.29, 0.717) is 18.8 Å². The average molecular weight is 372 g/mol. The lowest BCUT2D eigenvalue weighted by Crippen LogP contribution is -2.57. The summed E-state index contributed by atoms with van der Waals surface area (Å²) in [4.78, 5) is 27.1. The van der Waals surface area contributed by atoms with Gasteiger partial charge in [0, 0.05) is 12.3 Å². The second-order valence-electron chi connectivity index (χ2n) is 6.92. The number of furan rings is 1. The van der Waals surface area contributed by atoms with Crippen LogP contribution >= 0.6 is 11.8 Å². The number of carbonyl (C=O) groups is 2. The van der Waals surface area contributed by atoms with Gasteiger partial charge in [-0.3, -0.25) is 9.59 Å². The first-order chi connectivity index (χ1) is 12.5. The van der Waals surface area contributed by atoms with E-state index >= 15 is 0 Å². The van der Waals surface area contributed by atoms with Gasteiger partial charge in [-0.25, -0.2) is 0 Å². The summed E-state index contributed by atoms with van der Waals surface area (Å²) in [5, 5.41) is 2.88. The molecule has 5 nitrogen and oxygen atoms in total. The molecule has 1 N–H and O–H groups in total. The summed E-state index contributed by atoms with van der Waals surface area (Å²) in [7, 11) is 0. The van der Waals surface area contributed by atoms with Crippen molar-refractivity contribution >= 4 is 23.6 Å². The molecule has 2 aromatic rings. The van der Waals surface area contributed by atoms with Crippen molar-refractivity contribution in [3.63, 3.8) is 0 Å². The zero-order valence-corrected chi connectivity index (χ0v) is 15.9. The highest BCUT2D eigenvalue weighted by Crippen LogP contribution is 2.29. The van der Waals surface area contributed by atoms with Crippen molar-refractivity contribution in [2.75, 3.05) is 12.3 Å². The molecule has 1 aromatic heterocycles. The molecule has 1 saturated heterocycles. The van der Waals surface area contributed by atoms with Crippen LogP contribution in [0.25, 0.3) is 0 Å². The normalized spacial score (nSPS) is 19.0. The Morgan fingerprint density at radius 3 is 2.69 bits per heavy atom. The maximum Gasteiger partial charge on any atom is 0.246 e. The van der Waals surface area contributed by atoms with Crippen molar-refractivity contribution < 1.29 is 14.0 Å². The quantitative estimate of drug-likeness (QED) is 0.847. The fourth-order valence-electron chi connectivity index (χ4n) is 2.85. The third kappa shape index (κ3) is 4.49. The van der Waals surface area contributed by atoms with Gasteiger partial charge in [0.25, 0.3) is 0 Å². The van der Waals surface area contributed by atoms with E-state index in [-0.39, 0.29) is 11.8 Å². The Labute approximate surface area is 158 Å². The first-order valence-corrected chi connectivity index (χ1v) is 9.74. The van der Waals surface area contributed by atoms with E-state index in [0.717, 1.165) is 12.2 Å². The van der Waals surface area contributed by atoms with Crippen molar-refractivity contribution in [3.8, 4) is 0 Å². The molecule has 0 saturated carbocycles. The largest absolute Gasteiger partial charge is 0.467 e. The Morgan fingerprint density at radius 1 is 1.27 bits per heavy atom. The molecule has 1 aromatic carbocycles. The highest BCUT2D eigenvalue weighted by molar-refractivity contribution is 8.01. The van der Waals surface area contributed by atoms with Crippen LogP contribution in [0.1, 0.15) is 25.2 Å². The van der Waals surface area contributed by atoms with Crippen LogP contribution in [0, 0.1) is 0 Å². The maximum absolute atomic E-state index is 13.1. The van der Waals surface area contributed by atoms with Gasteiger partial charge in [-0.15, -0.1) is 11.8 Å². The molecule has 2 amide bonds. The fraction of sp³-hybridized carbons (Fsp3) is 0.400. The Bertz CT molecular complexity index is 744. The Kier molecular flexibility index (Phi) is 5.71. The van der Waals surface area contributed by atoms with Crippen LogP contribution in [0.3, 0.4) is 0 Å². The third-order valence-corrected chi connectivity index (χ3v) is 5.92. The standard InChI is InChI=1S/C20H24N2O3S/c1-20(2)19(24)21-17(14-26-20)18(23)22(13-16-9-6-12-25-16)11-10-15-7-4-3-5-8-15/h3-9,12,17H,10-11,13-14H2,1-2H3,(H,21,24). The summed E-state index contributed by atoms with van der Waals surface area (Å²) in [6, 6.07) is 13.3. The lowest BCUT2D eigenvalue weighted by Gasteiger charge is -2.35. The first kappa shape index (κ1) is 18.6.